The predicted octanol–water partition coefficient (Wildman–Crippen LogP) is 0.603. The number of nitrogens with zero attached hydrogens (tertiary/aromatic N) is 2. The van der Waals surface area contributed by atoms with Crippen LogP contribution >= 0.6 is 22.9 Å². The van der Waals surface area contributed by atoms with Crippen molar-refractivity contribution in [3.63, 3.8) is 0 Å². The first-order valence-electron chi connectivity index (χ1n) is 4.70. The SMILES string of the molecule is NC(=O)C(O)CNc1nc(Cl)nc2sccc12. The Kier molecular flexibility index (Phi) is 3.41. The topological polar surface area (TPSA) is 101 Å². The number of fused-ring (bicyclic) bond motifs is 1. The van der Waals surface area contributed by atoms with Crippen LogP contribution in [-0.4, -0.2) is 33.6 Å². The molecule has 0 aliphatic rings. The zero-order valence-electron chi connectivity index (χ0n) is 8.55. The Morgan fingerprint density at radius 2 is 2.41 bits per heavy atom. The number of thiophene rings is 1. The summed E-state index contributed by atoms with van der Waals surface area (Å²) in [5.41, 5.74) is 4.94. The molecule has 2 aromatic rings. The van der Waals surface area contributed by atoms with Gasteiger partial charge in [-0.3, -0.25) is 4.79 Å². The fraction of sp³-hybridized carbons (Fsp3) is 0.222. The molecule has 1 unspecified atom stereocenters. The number of hydrogen-bond acceptors (Lipinski definition) is 6. The quantitative estimate of drug-likeness (QED) is 0.708. The molecule has 1 amide bonds. The maximum Gasteiger partial charge on any atom is 0.248 e. The lowest BCUT2D eigenvalue weighted by atomic mass is 10.3. The smallest absolute Gasteiger partial charge is 0.248 e. The molecule has 0 aliphatic carbocycles. The third-order valence-corrected chi connectivity index (χ3v) is 3.06. The van der Waals surface area contributed by atoms with E-state index in [1.165, 1.54) is 11.3 Å². The van der Waals surface area contributed by atoms with Gasteiger partial charge in [-0.15, -0.1) is 11.3 Å². The number of halogens is 1. The lowest BCUT2D eigenvalue weighted by Gasteiger charge is -2.09. The number of primary amides is 1. The van der Waals surface area contributed by atoms with Crippen LogP contribution in [0.15, 0.2) is 11.4 Å². The van der Waals surface area contributed by atoms with Crippen LogP contribution in [0, 0.1) is 0 Å². The molecule has 0 aliphatic heterocycles. The van der Waals surface area contributed by atoms with Gasteiger partial charge in [-0.05, 0) is 23.0 Å². The molecule has 0 fully saturated rings. The number of nitrogens with one attached hydrogen (secondary N) is 1. The molecule has 2 rings (SSSR count). The molecule has 6 nitrogen and oxygen atoms in total. The van der Waals surface area contributed by atoms with Crippen LogP contribution in [0.3, 0.4) is 0 Å². The fourth-order valence-electron chi connectivity index (χ4n) is 1.26. The van der Waals surface area contributed by atoms with Crippen molar-refractivity contribution in [2.75, 3.05) is 11.9 Å². The van der Waals surface area contributed by atoms with Gasteiger partial charge in [0.25, 0.3) is 0 Å². The summed E-state index contributed by atoms with van der Waals surface area (Å²) in [5, 5.41) is 14.8. The number of anilines is 1. The molecule has 2 aromatic heterocycles. The molecular formula is C9H9ClN4O2S. The fourth-order valence-corrected chi connectivity index (χ4v) is 2.24. The maximum absolute atomic E-state index is 10.7. The molecule has 0 saturated heterocycles. The Bertz CT molecular complexity index is 559. The summed E-state index contributed by atoms with van der Waals surface area (Å²) in [6.45, 7) is -0.0202. The number of amides is 1. The normalized spacial score (nSPS) is 12.6. The van der Waals surface area contributed by atoms with E-state index in [2.05, 4.69) is 15.3 Å². The number of hydrogen-bond donors (Lipinski definition) is 3. The zero-order chi connectivity index (χ0) is 12.4. The van der Waals surface area contributed by atoms with Crippen molar-refractivity contribution in [2.24, 2.45) is 5.73 Å². The van der Waals surface area contributed by atoms with Crippen molar-refractivity contribution in [1.29, 1.82) is 0 Å². The molecule has 0 aromatic carbocycles. The maximum atomic E-state index is 10.7. The van der Waals surface area contributed by atoms with Crippen LogP contribution in [0.4, 0.5) is 5.82 Å². The number of aromatic nitrogens is 2. The van der Waals surface area contributed by atoms with Gasteiger partial charge in [-0.2, -0.15) is 0 Å². The summed E-state index contributed by atoms with van der Waals surface area (Å²) in [6.07, 6.45) is -1.27. The highest BCUT2D eigenvalue weighted by molar-refractivity contribution is 7.16. The summed E-state index contributed by atoms with van der Waals surface area (Å²) >= 11 is 7.18. The van der Waals surface area contributed by atoms with Crippen LogP contribution in [-0.2, 0) is 4.79 Å². The second kappa shape index (κ2) is 4.82. The van der Waals surface area contributed by atoms with E-state index in [0.717, 1.165) is 10.2 Å². The lowest BCUT2D eigenvalue weighted by molar-refractivity contribution is -0.125. The Morgan fingerprint density at radius 3 is 3.12 bits per heavy atom. The van der Waals surface area contributed by atoms with Crippen molar-refractivity contribution in [1.82, 2.24) is 9.97 Å². The lowest BCUT2D eigenvalue weighted by Crippen LogP contribution is -2.34. The standard InChI is InChI=1S/C9H9ClN4O2S/c10-9-13-7(12-3-5(15)6(11)16)4-1-2-17-8(4)14-9/h1-2,5,15H,3H2,(H2,11,16)(H,12,13,14). The predicted molar refractivity (Wildman–Crippen MR) is 66.1 cm³/mol. The van der Waals surface area contributed by atoms with E-state index < -0.39 is 12.0 Å². The van der Waals surface area contributed by atoms with E-state index in [1.807, 2.05) is 11.4 Å². The van der Waals surface area contributed by atoms with Gasteiger partial charge in [0.05, 0.1) is 11.9 Å². The van der Waals surface area contributed by atoms with Crippen molar-refractivity contribution in [2.45, 2.75) is 6.10 Å². The molecule has 0 spiro atoms. The third kappa shape index (κ3) is 2.63. The van der Waals surface area contributed by atoms with Crippen LogP contribution in [0.1, 0.15) is 0 Å². The summed E-state index contributed by atoms with van der Waals surface area (Å²) in [6, 6.07) is 1.83. The van der Waals surface area contributed by atoms with E-state index in [0.29, 0.717) is 5.82 Å². The van der Waals surface area contributed by atoms with E-state index in [9.17, 15) is 9.90 Å². The minimum absolute atomic E-state index is 0.0202. The van der Waals surface area contributed by atoms with E-state index in [4.69, 9.17) is 17.3 Å². The van der Waals surface area contributed by atoms with Gasteiger partial charge in [0, 0.05) is 0 Å². The highest BCUT2D eigenvalue weighted by atomic mass is 35.5. The zero-order valence-corrected chi connectivity index (χ0v) is 10.1. The molecule has 2 heterocycles. The average molecular weight is 273 g/mol. The van der Waals surface area contributed by atoms with E-state index in [1.54, 1.807) is 0 Å². The first-order valence-corrected chi connectivity index (χ1v) is 5.95. The molecule has 8 heteroatoms. The monoisotopic (exact) mass is 272 g/mol. The Labute approximate surface area is 105 Å². The summed E-state index contributed by atoms with van der Waals surface area (Å²) in [5.74, 6) is -0.319. The van der Waals surface area contributed by atoms with Crippen molar-refractivity contribution in [3.05, 3.63) is 16.7 Å². The molecule has 1 atom stereocenters. The second-order valence-corrected chi connectivity index (χ2v) is 4.51. The van der Waals surface area contributed by atoms with Crippen LogP contribution in [0.25, 0.3) is 10.2 Å². The number of carbonyl (C=O) groups is 1. The van der Waals surface area contributed by atoms with Gasteiger partial charge in [0.1, 0.15) is 16.8 Å². The molecule has 0 radical (unpaired) electrons. The van der Waals surface area contributed by atoms with Gasteiger partial charge in [-0.1, -0.05) is 0 Å². The average Bonchev–Trinajstić information content (AvgIpc) is 2.72. The molecule has 4 N–H and O–H groups in total. The van der Waals surface area contributed by atoms with Crippen LogP contribution < -0.4 is 11.1 Å². The van der Waals surface area contributed by atoms with Crippen molar-refractivity contribution in [3.8, 4) is 0 Å². The van der Waals surface area contributed by atoms with E-state index >= 15 is 0 Å². The number of carbonyl (C=O) groups excluding carboxylic acids is 1. The van der Waals surface area contributed by atoms with Crippen LogP contribution in [0.5, 0.6) is 0 Å². The highest BCUT2D eigenvalue weighted by Crippen LogP contribution is 2.26. The highest BCUT2D eigenvalue weighted by Gasteiger charge is 2.13. The van der Waals surface area contributed by atoms with Crippen molar-refractivity contribution >= 4 is 44.9 Å². The summed E-state index contributed by atoms with van der Waals surface area (Å²) in [7, 11) is 0. The Morgan fingerprint density at radius 1 is 1.65 bits per heavy atom. The number of aliphatic hydroxyl groups excluding tert-OH is 1. The van der Waals surface area contributed by atoms with E-state index in [-0.39, 0.29) is 11.8 Å². The van der Waals surface area contributed by atoms with Gasteiger partial charge < -0.3 is 16.2 Å². The summed E-state index contributed by atoms with van der Waals surface area (Å²) < 4.78 is 0. The number of rotatable bonds is 4. The molecule has 0 bridgehead atoms. The molecule has 0 saturated carbocycles. The minimum Gasteiger partial charge on any atom is -0.381 e. The Balaban J connectivity index is 2.23. The largest absolute Gasteiger partial charge is 0.381 e. The third-order valence-electron chi connectivity index (χ3n) is 2.09. The first kappa shape index (κ1) is 12.0. The van der Waals surface area contributed by atoms with Crippen LogP contribution in [0.2, 0.25) is 5.28 Å². The van der Waals surface area contributed by atoms with Gasteiger partial charge >= 0.3 is 0 Å². The summed E-state index contributed by atoms with van der Waals surface area (Å²) in [4.78, 5) is 19.4. The number of nitrogens with two attached hydrogens (primary N) is 1. The minimum atomic E-state index is -1.27. The molecule has 90 valence electrons. The van der Waals surface area contributed by atoms with Crippen molar-refractivity contribution < 1.29 is 9.90 Å². The molecule has 17 heavy (non-hydrogen) atoms. The Hall–Kier alpha value is -1.44. The molecular weight excluding hydrogens is 264 g/mol. The number of aliphatic hydroxyl groups is 1. The van der Waals surface area contributed by atoms with Gasteiger partial charge in [0.2, 0.25) is 11.2 Å². The second-order valence-electron chi connectivity index (χ2n) is 3.28. The first-order chi connectivity index (χ1) is 8.08. The van der Waals surface area contributed by atoms with Gasteiger partial charge in [0.15, 0.2) is 0 Å². The van der Waals surface area contributed by atoms with Gasteiger partial charge in [-0.25, -0.2) is 9.97 Å².